The second kappa shape index (κ2) is 8.27. The summed E-state index contributed by atoms with van der Waals surface area (Å²) < 4.78 is 10.2. The van der Waals surface area contributed by atoms with E-state index in [-0.39, 0.29) is 36.6 Å². The summed E-state index contributed by atoms with van der Waals surface area (Å²) in [7, 11) is 0. The van der Waals surface area contributed by atoms with Crippen molar-refractivity contribution in [2.24, 2.45) is 5.92 Å². The quantitative estimate of drug-likeness (QED) is 0.693. The third-order valence-electron chi connectivity index (χ3n) is 3.38. The van der Waals surface area contributed by atoms with E-state index in [0.717, 1.165) is 0 Å². The van der Waals surface area contributed by atoms with Gasteiger partial charge in [0.15, 0.2) is 0 Å². The van der Waals surface area contributed by atoms with E-state index in [2.05, 4.69) is 0 Å². The number of carbonyl (C=O) groups excluding carboxylic acids is 3. The van der Waals surface area contributed by atoms with Crippen LogP contribution >= 0.6 is 0 Å². The Balaban J connectivity index is 2.42. The van der Waals surface area contributed by atoms with Crippen molar-refractivity contribution in [3.8, 4) is 0 Å². The van der Waals surface area contributed by atoms with Crippen LogP contribution in [0.25, 0.3) is 0 Å². The van der Waals surface area contributed by atoms with Crippen LogP contribution in [0.4, 0.5) is 0 Å². The van der Waals surface area contributed by atoms with E-state index in [1.807, 2.05) is 25.7 Å². The molecule has 0 N–H and O–H groups in total. The minimum absolute atomic E-state index is 0.156. The maximum atomic E-state index is 12.0. The van der Waals surface area contributed by atoms with Gasteiger partial charge in [-0.1, -0.05) is 0 Å². The van der Waals surface area contributed by atoms with Crippen molar-refractivity contribution in [3.63, 3.8) is 0 Å². The summed E-state index contributed by atoms with van der Waals surface area (Å²) in [5.74, 6) is -0.620. The monoisotopic (exact) mass is 313 g/mol. The normalized spacial score (nSPS) is 19.8. The number of hydrogen-bond donors (Lipinski definition) is 0. The van der Waals surface area contributed by atoms with Crippen LogP contribution in [0.1, 0.15) is 47.0 Å². The lowest BCUT2D eigenvalue weighted by Gasteiger charge is -2.31. The lowest BCUT2D eigenvalue weighted by atomic mass is 9.92. The molecule has 0 saturated carbocycles. The number of carbonyl (C=O) groups is 3. The number of Topliss-reactive ketones (excluding diaryl/α,β-unsaturated/α-hetero) is 1. The zero-order valence-corrected chi connectivity index (χ0v) is 14.0. The molecule has 1 saturated heterocycles. The summed E-state index contributed by atoms with van der Waals surface area (Å²) in [6.45, 7) is 8.84. The Hall–Kier alpha value is -1.43. The topological polar surface area (TPSA) is 72.9 Å². The number of ether oxygens (including phenoxy) is 2. The van der Waals surface area contributed by atoms with Crippen molar-refractivity contribution in [1.82, 2.24) is 4.90 Å². The second-order valence-corrected chi connectivity index (χ2v) is 6.58. The summed E-state index contributed by atoms with van der Waals surface area (Å²) in [6.07, 6.45) is 1.10. The lowest BCUT2D eigenvalue weighted by molar-refractivity contribution is -0.155. The molecule has 1 fully saturated rings. The number of likely N-dealkylation sites (tertiary alicyclic amines) is 1. The highest BCUT2D eigenvalue weighted by Gasteiger charge is 2.29. The Morgan fingerprint density at radius 1 is 1.27 bits per heavy atom. The van der Waals surface area contributed by atoms with Crippen molar-refractivity contribution < 1.29 is 23.9 Å². The van der Waals surface area contributed by atoms with E-state index in [0.29, 0.717) is 32.5 Å². The van der Waals surface area contributed by atoms with E-state index < -0.39 is 5.60 Å². The van der Waals surface area contributed by atoms with Gasteiger partial charge in [0.1, 0.15) is 11.4 Å². The van der Waals surface area contributed by atoms with Gasteiger partial charge in [-0.15, -0.1) is 0 Å². The molecule has 0 bridgehead atoms. The molecular formula is C16H27NO5. The van der Waals surface area contributed by atoms with Crippen LogP contribution in [0, 0.1) is 5.92 Å². The smallest absolute Gasteiger partial charge is 0.320 e. The predicted molar refractivity (Wildman–Crippen MR) is 81.3 cm³/mol. The molecule has 0 aliphatic carbocycles. The molecule has 1 unspecified atom stereocenters. The fraction of sp³-hybridized carbons (Fsp3) is 0.812. The van der Waals surface area contributed by atoms with E-state index in [9.17, 15) is 14.4 Å². The molecule has 0 aromatic carbocycles. The molecule has 0 amide bonds. The molecule has 6 heteroatoms. The largest absolute Gasteiger partial charge is 0.465 e. The summed E-state index contributed by atoms with van der Waals surface area (Å²) in [6, 6.07) is 0. The summed E-state index contributed by atoms with van der Waals surface area (Å²) in [5, 5.41) is 0. The number of ketones is 1. The number of rotatable bonds is 6. The van der Waals surface area contributed by atoms with Gasteiger partial charge in [-0.25, -0.2) is 0 Å². The number of esters is 2. The molecule has 0 aromatic rings. The van der Waals surface area contributed by atoms with Crippen LogP contribution in [-0.2, 0) is 23.9 Å². The van der Waals surface area contributed by atoms with Gasteiger partial charge in [0.05, 0.1) is 13.2 Å². The molecule has 1 atom stereocenters. The van der Waals surface area contributed by atoms with Crippen molar-refractivity contribution >= 4 is 17.7 Å². The molecule has 1 aliphatic rings. The minimum Gasteiger partial charge on any atom is -0.465 e. The van der Waals surface area contributed by atoms with Crippen LogP contribution < -0.4 is 0 Å². The summed E-state index contributed by atoms with van der Waals surface area (Å²) in [5.41, 5.74) is -0.510. The van der Waals surface area contributed by atoms with Gasteiger partial charge in [0.25, 0.3) is 0 Å². The minimum atomic E-state index is -0.510. The second-order valence-electron chi connectivity index (χ2n) is 6.58. The molecule has 0 spiro atoms. The average Bonchev–Trinajstić information content (AvgIpc) is 2.37. The Bertz CT molecular complexity index is 413. The molecule has 0 aromatic heterocycles. The molecule has 22 heavy (non-hydrogen) atoms. The first kappa shape index (κ1) is 18.6. The van der Waals surface area contributed by atoms with Crippen LogP contribution in [-0.4, -0.2) is 54.5 Å². The van der Waals surface area contributed by atoms with E-state index in [1.165, 1.54) is 0 Å². The Morgan fingerprint density at radius 3 is 2.55 bits per heavy atom. The van der Waals surface area contributed by atoms with E-state index in [4.69, 9.17) is 9.47 Å². The summed E-state index contributed by atoms with van der Waals surface area (Å²) in [4.78, 5) is 37.1. The number of nitrogens with zero attached hydrogens (tertiary/aromatic N) is 1. The third-order valence-corrected chi connectivity index (χ3v) is 3.38. The molecule has 6 nitrogen and oxygen atoms in total. The zero-order valence-electron chi connectivity index (χ0n) is 14.0. The molecular weight excluding hydrogens is 286 g/mol. The predicted octanol–water partition coefficient (Wildman–Crippen LogP) is 1.56. The van der Waals surface area contributed by atoms with Gasteiger partial charge in [-0.05, 0) is 34.1 Å². The standard InChI is InChI=1S/C16H27NO5/c1-5-21-15(20)11-17-9-8-13(18)12(10-17)6-7-14(19)22-16(2,3)4/h12H,5-11H2,1-4H3. The lowest BCUT2D eigenvalue weighted by Crippen LogP contribution is -2.43. The fourth-order valence-electron chi connectivity index (χ4n) is 2.45. The first-order valence-electron chi connectivity index (χ1n) is 7.84. The van der Waals surface area contributed by atoms with Gasteiger partial charge in [0, 0.05) is 31.8 Å². The molecule has 1 rings (SSSR count). The van der Waals surface area contributed by atoms with Crippen molar-refractivity contribution in [2.75, 3.05) is 26.2 Å². The van der Waals surface area contributed by atoms with Gasteiger partial charge < -0.3 is 9.47 Å². The number of hydrogen-bond acceptors (Lipinski definition) is 6. The summed E-state index contributed by atoms with van der Waals surface area (Å²) >= 11 is 0. The molecule has 0 radical (unpaired) electrons. The maximum Gasteiger partial charge on any atom is 0.320 e. The Morgan fingerprint density at radius 2 is 1.95 bits per heavy atom. The maximum absolute atomic E-state index is 12.0. The SMILES string of the molecule is CCOC(=O)CN1CCC(=O)C(CCC(=O)OC(C)(C)C)C1. The van der Waals surface area contributed by atoms with Crippen molar-refractivity contribution in [1.29, 1.82) is 0 Å². The highest BCUT2D eigenvalue weighted by molar-refractivity contribution is 5.83. The van der Waals surface area contributed by atoms with Crippen LogP contribution in [0.15, 0.2) is 0 Å². The van der Waals surface area contributed by atoms with Gasteiger partial charge >= 0.3 is 11.9 Å². The zero-order chi connectivity index (χ0) is 16.8. The molecule has 1 heterocycles. The molecule has 1 aliphatic heterocycles. The van der Waals surface area contributed by atoms with Gasteiger partial charge in [-0.2, -0.15) is 0 Å². The van der Waals surface area contributed by atoms with Crippen LogP contribution in [0.3, 0.4) is 0 Å². The van der Waals surface area contributed by atoms with Crippen LogP contribution in [0.5, 0.6) is 0 Å². The van der Waals surface area contributed by atoms with Gasteiger partial charge in [-0.3, -0.25) is 19.3 Å². The fourth-order valence-corrected chi connectivity index (χ4v) is 2.45. The number of piperidine rings is 1. The third kappa shape index (κ3) is 7.02. The van der Waals surface area contributed by atoms with E-state index >= 15 is 0 Å². The highest BCUT2D eigenvalue weighted by Crippen LogP contribution is 2.19. The van der Waals surface area contributed by atoms with E-state index in [1.54, 1.807) is 6.92 Å². The average molecular weight is 313 g/mol. The highest BCUT2D eigenvalue weighted by atomic mass is 16.6. The van der Waals surface area contributed by atoms with Crippen molar-refractivity contribution in [2.45, 2.75) is 52.6 Å². The Labute approximate surface area is 132 Å². The van der Waals surface area contributed by atoms with Crippen LogP contribution in [0.2, 0.25) is 0 Å². The first-order chi connectivity index (χ1) is 10.2. The first-order valence-corrected chi connectivity index (χ1v) is 7.84. The van der Waals surface area contributed by atoms with Crippen molar-refractivity contribution in [3.05, 3.63) is 0 Å². The molecule has 126 valence electrons. The Kier molecular flexibility index (Phi) is 7.00. The van der Waals surface area contributed by atoms with Gasteiger partial charge in [0.2, 0.25) is 0 Å².